The van der Waals surface area contributed by atoms with Gasteiger partial charge in [-0.25, -0.2) is 0 Å². The van der Waals surface area contributed by atoms with E-state index in [0.717, 1.165) is 31.5 Å². The van der Waals surface area contributed by atoms with Crippen LogP contribution in [-0.2, 0) is 6.54 Å². The second kappa shape index (κ2) is 8.68. The summed E-state index contributed by atoms with van der Waals surface area (Å²) < 4.78 is 7.86. The molecule has 0 radical (unpaired) electrons. The molecule has 3 N–H and O–H groups in total. The lowest BCUT2D eigenvalue weighted by Gasteiger charge is -2.21. The number of hydrogen-bond donors (Lipinski definition) is 2. The van der Waals surface area contributed by atoms with Crippen LogP contribution < -0.4 is 5.73 Å². The van der Waals surface area contributed by atoms with Crippen molar-refractivity contribution in [1.29, 1.82) is 5.41 Å². The van der Waals surface area contributed by atoms with Crippen LogP contribution >= 0.6 is 0 Å². The van der Waals surface area contributed by atoms with E-state index >= 15 is 0 Å². The Bertz CT molecular complexity index is 975. The number of nitrogens with one attached hydrogen (secondary N) is 1. The topological polar surface area (TPSA) is 97.0 Å². The number of hydrogen-bond acceptors (Lipinski definition) is 4. The zero-order valence-electron chi connectivity index (χ0n) is 17.1. The summed E-state index contributed by atoms with van der Waals surface area (Å²) in [5.41, 5.74) is 7.87. The molecule has 1 aromatic carbocycles. The molecule has 7 nitrogen and oxygen atoms in total. The third-order valence-electron chi connectivity index (χ3n) is 5.82. The Hall–Kier alpha value is -2.83. The quantitative estimate of drug-likeness (QED) is 0.328. The Kier molecular flexibility index (Phi) is 5.83. The minimum Gasteiger partial charge on any atom is -0.370 e. The predicted molar refractivity (Wildman–Crippen MR) is 115 cm³/mol. The standard InChI is InChI=1S/C22H30N6O/c1-2-3-4-5-6-12-27-14-11-16-15-17(9-10-18(16)27)20-25-21(29-26-20)19-8-7-13-28(19)22(23)24/h9-11,14-15,19H,2-8,12-13H2,1H3,(H3,23,24)/t19-/m0/s1. The van der Waals surface area contributed by atoms with Gasteiger partial charge >= 0.3 is 0 Å². The first-order chi connectivity index (χ1) is 14.2. The number of benzene rings is 1. The van der Waals surface area contributed by atoms with E-state index in [1.807, 2.05) is 4.90 Å². The average molecular weight is 395 g/mol. The molecule has 7 heteroatoms. The highest BCUT2D eigenvalue weighted by Gasteiger charge is 2.31. The molecule has 3 heterocycles. The van der Waals surface area contributed by atoms with Crippen molar-refractivity contribution in [3.63, 3.8) is 0 Å². The lowest BCUT2D eigenvalue weighted by atomic mass is 10.1. The van der Waals surface area contributed by atoms with Gasteiger partial charge < -0.3 is 19.7 Å². The lowest BCUT2D eigenvalue weighted by Crippen LogP contribution is -2.35. The molecule has 29 heavy (non-hydrogen) atoms. The summed E-state index contributed by atoms with van der Waals surface area (Å²) in [5.74, 6) is 1.19. The van der Waals surface area contributed by atoms with Crippen LogP contribution in [0.25, 0.3) is 22.3 Å². The smallest absolute Gasteiger partial charge is 0.249 e. The van der Waals surface area contributed by atoms with Gasteiger partial charge in [-0.15, -0.1) is 0 Å². The van der Waals surface area contributed by atoms with Crippen LogP contribution in [0, 0.1) is 5.41 Å². The Morgan fingerprint density at radius 1 is 1.24 bits per heavy atom. The molecule has 0 amide bonds. The summed E-state index contributed by atoms with van der Waals surface area (Å²) in [6.45, 7) is 4.06. The maximum absolute atomic E-state index is 7.73. The SMILES string of the molecule is CCCCCCCn1ccc2cc(-c3noc([C@@H]4CCCN4C(=N)N)n3)ccc21. The molecule has 2 aromatic heterocycles. The molecular weight excluding hydrogens is 364 g/mol. The number of nitrogens with two attached hydrogens (primary N) is 1. The third kappa shape index (κ3) is 4.13. The molecule has 4 rings (SSSR count). The Morgan fingerprint density at radius 2 is 2.10 bits per heavy atom. The fraction of sp³-hybridized carbons (Fsp3) is 0.500. The highest BCUT2D eigenvalue weighted by Crippen LogP contribution is 2.32. The highest BCUT2D eigenvalue weighted by atomic mass is 16.5. The van der Waals surface area contributed by atoms with E-state index in [0.29, 0.717) is 11.7 Å². The Labute approximate surface area is 171 Å². The normalized spacial score (nSPS) is 16.7. The minimum absolute atomic E-state index is 0.0599. The van der Waals surface area contributed by atoms with Crippen molar-refractivity contribution in [2.75, 3.05) is 6.54 Å². The van der Waals surface area contributed by atoms with Crippen molar-refractivity contribution in [2.24, 2.45) is 5.73 Å². The summed E-state index contributed by atoms with van der Waals surface area (Å²) in [5, 5.41) is 13.1. The summed E-state index contributed by atoms with van der Waals surface area (Å²) in [7, 11) is 0. The van der Waals surface area contributed by atoms with Gasteiger partial charge in [0.15, 0.2) is 5.96 Å². The van der Waals surface area contributed by atoms with Gasteiger partial charge in [0.1, 0.15) is 6.04 Å². The third-order valence-corrected chi connectivity index (χ3v) is 5.82. The van der Waals surface area contributed by atoms with Crippen LogP contribution in [0.5, 0.6) is 0 Å². The van der Waals surface area contributed by atoms with Gasteiger partial charge in [0.2, 0.25) is 11.7 Å². The molecule has 0 aliphatic carbocycles. The molecule has 1 fully saturated rings. The Balaban J connectivity index is 1.48. The van der Waals surface area contributed by atoms with Crippen LogP contribution in [0.2, 0.25) is 0 Å². The zero-order chi connectivity index (χ0) is 20.2. The van der Waals surface area contributed by atoms with E-state index in [1.165, 1.54) is 43.0 Å². The first kappa shape index (κ1) is 19.5. The maximum atomic E-state index is 7.73. The summed E-state index contributed by atoms with van der Waals surface area (Å²) in [4.78, 5) is 6.43. The van der Waals surface area contributed by atoms with Gasteiger partial charge in [0, 0.05) is 35.8 Å². The van der Waals surface area contributed by atoms with Crippen LogP contribution in [0.4, 0.5) is 0 Å². The van der Waals surface area contributed by atoms with Gasteiger partial charge in [-0.3, -0.25) is 5.41 Å². The van der Waals surface area contributed by atoms with Crippen LogP contribution in [0.1, 0.15) is 63.8 Å². The number of guanidine groups is 1. The van der Waals surface area contributed by atoms with Crippen molar-refractivity contribution in [2.45, 2.75) is 64.5 Å². The molecular formula is C22H30N6O. The molecule has 1 atom stereocenters. The van der Waals surface area contributed by atoms with Crippen LogP contribution in [-0.4, -0.2) is 32.1 Å². The van der Waals surface area contributed by atoms with Crippen molar-refractivity contribution >= 4 is 16.9 Å². The first-order valence-corrected chi connectivity index (χ1v) is 10.7. The van der Waals surface area contributed by atoms with E-state index < -0.39 is 0 Å². The minimum atomic E-state index is -0.0914. The fourth-order valence-electron chi connectivity index (χ4n) is 4.22. The predicted octanol–water partition coefficient (Wildman–Crippen LogP) is 4.69. The molecule has 0 spiro atoms. The van der Waals surface area contributed by atoms with Crippen molar-refractivity contribution in [3.05, 3.63) is 36.4 Å². The summed E-state index contributed by atoms with van der Waals surface area (Å²) in [6.07, 6.45) is 10.4. The number of aromatic nitrogens is 3. The van der Waals surface area contributed by atoms with Gasteiger partial charge in [0.05, 0.1) is 0 Å². The van der Waals surface area contributed by atoms with E-state index in [-0.39, 0.29) is 12.0 Å². The van der Waals surface area contributed by atoms with Gasteiger partial charge in [-0.2, -0.15) is 4.98 Å². The van der Waals surface area contributed by atoms with Crippen molar-refractivity contribution in [1.82, 2.24) is 19.6 Å². The average Bonchev–Trinajstić information content (AvgIpc) is 3.46. The van der Waals surface area contributed by atoms with Crippen molar-refractivity contribution < 1.29 is 4.52 Å². The van der Waals surface area contributed by atoms with Crippen molar-refractivity contribution in [3.8, 4) is 11.4 Å². The number of unbranched alkanes of at least 4 members (excludes halogenated alkanes) is 4. The van der Waals surface area contributed by atoms with Gasteiger partial charge in [-0.05, 0) is 43.5 Å². The largest absolute Gasteiger partial charge is 0.370 e. The van der Waals surface area contributed by atoms with Gasteiger partial charge in [-0.1, -0.05) is 37.8 Å². The zero-order valence-corrected chi connectivity index (χ0v) is 17.1. The first-order valence-electron chi connectivity index (χ1n) is 10.7. The van der Waals surface area contributed by atoms with Crippen LogP contribution in [0.15, 0.2) is 35.0 Å². The number of fused-ring (bicyclic) bond motifs is 1. The molecule has 154 valence electrons. The molecule has 1 aliphatic heterocycles. The monoisotopic (exact) mass is 394 g/mol. The molecule has 0 saturated carbocycles. The number of aryl methyl sites for hydroxylation is 1. The lowest BCUT2D eigenvalue weighted by molar-refractivity contribution is 0.283. The van der Waals surface area contributed by atoms with E-state index in [4.69, 9.17) is 15.7 Å². The number of nitrogens with zero attached hydrogens (tertiary/aromatic N) is 4. The molecule has 1 saturated heterocycles. The highest BCUT2D eigenvalue weighted by molar-refractivity contribution is 5.84. The number of rotatable bonds is 8. The fourth-order valence-corrected chi connectivity index (χ4v) is 4.22. The second-order valence-electron chi connectivity index (χ2n) is 7.89. The van der Waals surface area contributed by atoms with Crippen LogP contribution in [0.3, 0.4) is 0 Å². The summed E-state index contributed by atoms with van der Waals surface area (Å²) >= 11 is 0. The maximum Gasteiger partial charge on any atom is 0.249 e. The molecule has 0 bridgehead atoms. The number of likely N-dealkylation sites (tertiary alicyclic amines) is 1. The van der Waals surface area contributed by atoms with E-state index in [2.05, 4.69) is 52.1 Å². The van der Waals surface area contributed by atoms with E-state index in [1.54, 1.807) is 0 Å². The van der Waals surface area contributed by atoms with E-state index in [9.17, 15) is 0 Å². The van der Waals surface area contributed by atoms with Gasteiger partial charge in [0.25, 0.3) is 0 Å². The molecule has 3 aromatic rings. The molecule has 0 unspecified atom stereocenters. The Morgan fingerprint density at radius 3 is 2.93 bits per heavy atom. The molecule has 1 aliphatic rings. The summed E-state index contributed by atoms with van der Waals surface area (Å²) in [6, 6.07) is 8.38. The second-order valence-corrected chi connectivity index (χ2v) is 7.89.